The second-order valence-electron chi connectivity index (χ2n) is 8.06. The standard InChI is InChI=1S/C25H26N8O2/c34-25(26-9-10-32-11-13-35-14-12-32)20-6-4-5-19(15-20)16-29-31-23-22-17-30-33(24(22)28-18-27-23)21-7-2-1-3-8-21/h1-8,15-18H,9-14H2,(H,26,34)(H,27,28,31). The van der Waals surface area contributed by atoms with Gasteiger partial charge >= 0.3 is 0 Å². The van der Waals surface area contributed by atoms with E-state index in [0.717, 1.165) is 49.5 Å². The average Bonchev–Trinajstić information content (AvgIpc) is 3.35. The third-order valence-corrected chi connectivity index (χ3v) is 5.72. The van der Waals surface area contributed by atoms with Crippen LogP contribution in [-0.2, 0) is 4.74 Å². The summed E-state index contributed by atoms with van der Waals surface area (Å²) in [5, 5.41) is 12.5. The van der Waals surface area contributed by atoms with E-state index in [1.54, 1.807) is 29.2 Å². The zero-order valence-electron chi connectivity index (χ0n) is 19.2. The fourth-order valence-corrected chi connectivity index (χ4v) is 3.87. The first-order chi connectivity index (χ1) is 17.3. The van der Waals surface area contributed by atoms with Crippen LogP contribution < -0.4 is 10.7 Å². The van der Waals surface area contributed by atoms with Crippen LogP contribution in [0.15, 0.2) is 72.2 Å². The summed E-state index contributed by atoms with van der Waals surface area (Å²) in [6, 6.07) is 17.1. The number of carbonyl (C=O) groups excluding carboxylic acids is 1. The number of benzene rings is 2. The molecule has 0 radical (unpaired) electrons. The van der Waals surface area contributed by atoms with Crippen molar-refractivity contribution in [1.29, 1.82) is 0 Å². The molecule has 1 aliphatic rings. The van der Waals surface area contributed by atoms with Crippen LogP contribution in [0.2, 0.25) is 0 Å². The summed E-state index contributed by atoms with van der Waals surface area (Å²) in [4.78, 5) is 23.5. The fourth-order valence-electron chi connectivity index (χ4n) is 3.87. The number of anilines is 1. The van der Waals surface area contributed by atoms with Gasteiger partial charge in [-0.3, -0.25) is 15.1 Å². The molecule has 1 saturated heterocycles. The number of nitrogens with one attached hydrogen (secondary N) is 2. The summed E-state index contributed by atoms with van der Waals surface area (Å²) in [6.07, 6.45) is 4.84. The van der Waals surface area contributed by atoms with Crippen LogP contribution in [0.25, 0.3) is 16.7 Å². The summed E-state index contributed by atoms with van der Waals surface area (Å²) in [6.45, 7) is 4.72. The molecule has 2 N–H and O–H groups in total. The highest BCUT2D eigenvalue weighted by Gasteiger charge is 2.12. The predicted octanol–water partition coefficient (Wildman–Crippen LogP) is 2.32. The Hall–Kier alpha value is -4.15. The molecule has 178 valence electrons. The number of hydrazone groups is 1. The lowest BCUT2D eigenvalue weighted by atomic mass is 10.1. The molecule has 0 unspecified atom stereocenters. The van der Waals surface area contributed by atoms with Gasteiger partial charge < -0.3 is 10.1 Å². The third-order valence-electron chi connectivity index (χ3n) is 5.72. The van der Waals surface area contributed by atoms with Crippen molar-refractivity contribution in [2.24, 2.45) is 5.10 Å². The van der Waals surface area contributed by atoms with E-state index >= 15 is 0 Å². The van der Waals surface area contributed by atoms with Crippen LogP contribution in [0, 0.1) is 0 Å². The Kier molecular flexibility index (Phi) is 7.02. The largest absolute Gasteiger partial charge is 0.379 e. The van der Waals surface area contributed by atoms with Crippen molar-refractivity contribution in [2.75, 3.05) is 44.8 Å². The summed E-state index contributed by atoms with van der Waals surface area (Å²) < 4.78 is 7.11. The minimum absolute atomic E-state index is 0.104. The summed E-state index contributed by atoms with van der Waals surface area (Å²) in [5.74, 6) is 0.442. The molecule has 4 aromatic rings. The van der Waals surface area contributed by atoms with Gasteiger partial charge in [0.25, 0.3) is 5.91 Å². The van der Waals surface area contributed by atoms with E-state index in [1.807, 2.05) is 42.5 Å². The molecule has 0 bridgehead atoms. The fraction of sp³-hybridized carbons (Fsp3) is 0.240. The van der Waals surface area contributed by atoms with Gasteiger partial charge in [-0.2, -0.15) is 10.2 Å². The van der Waals surface area contributed by atoms with Gasteiger partial charge in [0.1, 0.15) is 6.33 Å². The topological polar surface area (TPSA) is 110 Å². The maximum atomic E-state index is 12.6. The highest BCUT2D eigenvalue weighted by atomic mass is 16.5. The van der Waals surface area contributed by atoms with Crippen LogP contribution in [-0.4, -0.2) is 76.2 Å². The number of hydrogen-bond acceptors (Lipinski definition) is 8. The first-order valence-corrected chi connectivity index (χ1v) is 11.5. The van der Waals surface area contributed by atoms with E-state index < -0.39 is 0 Å². The highest BCUT2D eigenvalue weighted by Crippen LogP contribution is 2.21. The molecule has 35 heavy (non-hydrogen) atoms. The second kappa shape index (κ2) is 10.9. The Morgan fingerprint density at radius 2 is 1.94 bits per heavy atom. The van der Waals surface area contributed by atoms with Crippen molar-refractivity contribution in [3.63, 3.8) is 0 Å². The number of hydrogen-bond donors (Lipinski definition) is 2. The van der Waals surface area contributed by atoms with Gasteiger partial charge in [0.05, 0.1) is 36.7 Å². The quantitative estimate of drug-likeness (QED) is 0.300. The third kappa shape index (κ3) is 5.51. The van der Waals surface area contributed by atoms with Gasteiger partial charge in [0, 0.05) is 31.7 Å². The van der Waals surface area contributed by atoms with E-state index in [1.165, 1.54) is 6.33 Å². The average molecular weight is 471 g/mol. The number of amides is 1. The molecule has 0 aliphatic carbocycles. The number of ether oxygens (including phenoxy) is 1. The molecule has 5 rings (SSSR count). The van der Waals surface area contributed by atoms with E-state index in [0.29, 0.717) is 23.6 Å². The molecule has 0 atom stereocenters. The van der Waals surface area contributed by atoms with Crippen LogP contribution in [0.1, 0.15) is 15.9 Å². The van der Waals surface area contributed by atoms with E-state index in [9.17, 15) is 4.79 Å². The van der Waals surface area contributed by atoms with Crippen molar-refractivity contribution in [1.82, 2.24) is 30.0 Å². The summed E-state index contributed by atoms with van der Waals surface area (Å²) in [5.41, 5.74) is 5.94. The summed E-state index contributed by atoms with van der Waals surface area (Å²) >= 11 is 0. The van der Waals surface area contributed by atoms with Gasteiger partial charge in [0.15, 0.2) is 11.5 Å². The molecule has 10 nitrogen and oxygen atoms in total. The van der Waals surface area contributed by atoms with E-state index in [4.69, 9.17) is 4.74 Å². The Morgan fingerprint density at radius 3 is 2.80 bits per heavy atom. The summed E-state index contributed by atoms with van der Waals surface area (Å²) in [7, 11) is 0. The first-order valence-electron chi connectivity index (χ1n) is 11.5. The number of morpholine rings is 1. The SMILES string of the molecule is O=C(NCCN1CCOCC1)c1cccc(C=NNc2ncnc3c2cnn3-c2ccccc2)c1. The van der Waals surface area contributed by atoms with Crippen molar-refractivity contribution in [2.45, 2.75) is 0 Å². The molecule has 1 amide bonds. The number of aromatic nitrogens is 4. The van der Waals surface area contributed by atoms with Crippen molar-refractivity contribution < 1.29 is 9.53 Å². The Labute approximate surface area is 202 Å². The van der Waals surface area contributed by atoms with Gasteiger partial charge in [-0.15, -0.1) is 0 Å². The van der Waals surface area contributed by atoms with Crippen LogP contribution in [0.5, 0.6) is 0 Å². The monoisotopic (exact) mass is 470 g/mol. The normalized spacial score (nSPS) is 14.4. The zero-order valence-corrected chi connectivity index (χ0v) is 19.2. The van der Waals surface area contributed by atoms with Gasteiger partial charge in [-0.1, -0.05) is 30.3 Å². The van der Waals surface area contributed by atoms with Crippen molar-refractivity contribution in [3.8, 4) is 5.69 Å². The Bertz CT molecular complexity index is 1320. The minimum Gasteiger partial charge on any atom is -0.379 e. The molecule has 1 aliphatic heterocycles. The van der Waals surface area contributed by atoms with Crippen LogP contribution in [0.3, 0.4) is 0 Å². The lowest BCUT2D eigenvalue weighted by molar-refractivity contribution is 0.0383. The van der Waals surface area contributed by atoms with Crippen LogP contribution in [0.4, 0.5) is 5.82 Å². The molecular weight excluding hydrogens is 444 g/mol. The second-order valence-corrected chi connectivity index (χ2v) is 8.06. The molecule has 3 heterocycles. The van der Waals surface area contributed by atoms with Crippen molar-refractivity contribution >= 4 is 29.0 Å². The number of rotatable bonds is 8. The maximum Gasteiger partial charge on any atom is 0.251 e. The molecule has 2 aromatic heterocycles. The zero-order chi connectivity index (χ0) is 23.9. The Balaban J connectivity index is 1.22. The number of carbonyl (C=O) groups is 1. The molecular formula is C25H26N8O2. The van der Waals surface area contributed by atoms with Crippen molar-refractivity contribution in [3.05, 3.63) is 78.2 Å². The van der Waals surface area contributed by atoms with Gasteiger partial charge in [-0.05, 0) is 29.8 Å². The highest BCUT2D eigenvalue weighted by molar-refractivity contribution is 5.96. The van der Waals surface area contributed by atoms with Gasteiger partial charge in [0.2, 0.25) is 0 Å². The lowest BCUT2D eigenvalue weighted by Gasteiger charge is -2.26. The van der Waals surface area contributed by atoms with Gasteiger partial charge in [-0.25, -0.2) is 14.6 Å². The van der Waals surface area contributed by atoms with E-state index in [2.05, 4.69) is 35.8 Å². The molecule has 0 spiro atoms. The molecule has 2 aromatic carbocycles. The maximum absolute atomic E-state index is 12.6. The van der Waals surface area contributed by atoms with Crippen LogP contribution >= 0.6 is 0 Å². The van der Waals surface area contributed by atoms with E-state index in [-0.39, 0.29) is 5.91 Å². The minimum atomic E-state index is -0.104. The smallest absolute Gasteiger partial charge is 0.251 e. The molecule has 0 saturated carbocycles. The number of nitrogens with zero attached hydrogens (tertiary/aromatic N) is 6. The predicted molar refractivity (Wildman–Crippen MR) is 134 cm³/mol. The lowest BCUT2D eigenvalue weighted by Crippen LogP contribution is -2.41. The molecule has 10 heteroatoms. The number of fused-ring (bicyclic) bond motifs is 1. The number of para-hydroxylation sites is 1. The Morgan fingerprint density at radius 1 is 1.09 bits per heavy atom. The first kappa shape index (κ1) is 22.6. The molecule has 1 fully saturated rings.